The monoisotopic (exact) mass is 678 g/mol. The van der Waals surface area contributed by atoms with Crippen molar-refractivity contribution in [1.29, 1.82) is 0 Å². The minimum absolute atomic E-state index is 0.606. The summed E-state index contributed by atoms with van der Waals surface area (Å²) in [4.78, 5) is 40.5. The number of alkyl halides is 9. The minimum atomic E-state index is -5.08. The molecule has 19 heteroatoms. The lowest BCUT2D eigenvalue weighted by atomic mass is 9.60. The summed E-state index contributed by atoms with van der Waals surface area (Å²) in [6.45, 7) is 4.47. The molecule has 46 heavy (non-hydrogen) atoms. The van der Waals surface area contributed by atoms with Gasteiger partial charge in [0.2, 0.25) is 0 Å². The van der Waals surface area contributed by atoms with E-state index >= 15 is 0 Å². The zero-order valence-electron chi connectivity index (χ0n) is 24.1. The lowest BCUT2D eigenvalue weighted by Gasteiger charge is -2.54. The van der Waals surface area contributed by atoms with Gasteiger partial charge in [0.15, 0.2) is 0 Å². The Morgan fingerprint density at radius 1 is 0.826 bits per heavy atom. The molecule has 0 atom stereocenters. The van der Waals surface area contributed by atoms with Crippen LogP contribution in [0, 0.1) is 5.41 Å². The predicted molar refractivity (Wildman–Crippen MR) is 141 cm³/mol. The smallest absolute Gasteiger partial charge is 0.475 e. The highest BCUT2D eigenvalue weighted by molar-refractivity contribution is 5.73. The molecular weight excluding hydrogens is 647 g/mol. The first-order chi connectivity index (χ1) is 21.1. The van der Waals surface area contributed by atoms with E-state index in [9.17, 15) is 39.5 Å². The third kappa shape index (κ3) is 14.9. The van der Waals surface area contributed by atoms with Gasteiger partial charge in [0, 0.05) is 37.7 Å². The fourth-order valence-electron chi connectivity index (χ4n) is 4.47. The van der Waals surface area contributed by atoms with Gasteiger partial charge in [0.1, 0.15) is 0 Å². The molecule has 258 valence electrons. The average molecular weight is 679 g/mol. The van der Waals surface area contributed by atoms with Crippen LogP contribution >= 0.6 is 0 Å². The van der Waals surface area contributed by atoms with Gasteiger partial charge in [0.05, 0.1) is 5.69 Å². The second kappa shape index (κ2) is 17.1. The van der Waals surface area contributed by atoms with E-state index < -0.39 is 36.4 Å². The number of carboxylic acid groups (broad SMARTS) is 3. The number of carboxylic acids is 3. The molecule has 1 aliphatic carbocycles. The van der Waals surface area contributed by atoms with Gasteiger partial charge >= 0.3 is 36.4 Å². The van der Waals surface area contributed by atoms with Gasteiger partial charge in [-0.2, -0.15) is 39.5 Å². The molecular formula is C27H31F9N4O6. The first-order valence-electron chi connectivity index (χ1n) is 13.2. The number of nitrogens with zero attached hydrogens (tertiary/aromatic N) is 4. The molecule has 10 nitrogen and oxygen atoms in total. The van der Waals surface area contributed by atoms with Crippen molar-refractivity contribution >= 4 is 17.9 Å². The van der Waals surface area contributed by atoms with Gasteiger partial charge in [-0.25, -0.2) is 14.4 Å². The predicted octanol–water partition coefficient (Wildman–Crippen LogP) is 5.25. The lowest BCUT2D eigenvalue weighted by Crippen LogP contribution is -2.53. The molecule has 1 saturated heterocycles. The molecule has 1 spiro atoms. The SMILES string of the molecule is CN(Cc1ccccn1)C1CC2(CCN(Cc3cccnc3)CC2)C1.O=C(O)C(F)(F)F.O=C(O)C(F)(F)F.O=C(O)C(F)(F)F. The molecule has 3 N–H and O–H groups in total. The van der Waals surface area contributed by atoms with E-state index in [-0.39, 0.29) is 0 Å². The lowest BCUT2D eigenvalue weighted by molar-refractivity contribution is -0.193. The quantitative estimate of drug-likeness (QED) is 0.359. The van der Waals surface area contributed by atoms with Crippen LogP contribution in [-0.4, -0.2) is 97.7 Å². The summed E-state index contributed by atoms with van der Waals surface area (Å²) < 4.78 is 95.2. The number of piperidine rings is 1. The molecule has 0 bridgehead atoms. The highest BCUT2D eigenvalue weighted by Gasteiger charge is 2.47. The fraction of sp³-hybridized carbons (Fsp3) is 0.519. The number of aromatic nitrogens is 2. The van der Waals surface area contributed by atoms with Crippen LogP contribution < -0.4 is 0 Å². The Bertz CT molecular complexity index is 1170. The summed E-state index contributed by atoms with van der Waals surface area (Å²) in [5, 5.41) is 21.4. The van der Waals surface area contributed by atoms with Crippen molar-refractivity contribution < 1.29 is 69.2 Å². The number of hydrogen-bond donors (Lipinski definition) is 3. The van der Waals surface area contributed by atoms with Crippen LogP contribution in [0.1, 0.15) is 36.9 Å². The largest absolute Gasteiger partial charge is 0.490 e. The van der Waals surface area contributed by atoms with Crippen LogP contribution in [0.5, 0.6) is 0 Å². The minimum Gasteiger partial charge on any atom is -0.475 e. The Labute approximate surface area is 256 Å². The second-order valence-corrected chi connectivity index (χ2v) is 10.3. The molecule has 0 amide bonds. The van der Waals surface area contributed by atoms with Gasteiger partial charge in [-0.05, 0) is 75.0 Å². The van der Waals surface area contributed by atoms with Crippen molar-refractivity contribution in [2.45, 2.75) is 63.3 Å². The zero-order valence-corrected chi connectivity index (χ0v) is 24.1. The van der Waals surface area contributed by atoms with E-state index in [0.717, 1.165) is 19.1 Å². The van der Waals surface area contributed by atoms with Gasteiger partial charge in [-0.15, -0.1) is 0 Å². The van der Waals surface area contributed by atoms with Gasteiger partial charge < -0.3 is 15.3 Å². The fourth-order valence-corrected chi connectivity index (χ4v) is 4.47. The Morgan fingerprint density at radius 3 is 1.67 bits per heavy atom. The van der Waals surface area contributed by atoms with Crippen molar-refractivity contribution in [2.75, 3.05) is 20.1 Å². The van der Waals surface area contributed by atoms with Crippen LogP contribution in [0.2, 0.25) is 0 Å². The van der Waals surface area contributed by atoms with Crippen LogP contribution in [0.3, 0.4) is 0 Å². The van der Waals surface area contributed by atoms with Crippen molar-refractivity contribution in [3.05, 3.63) is 60.2 Å². The van der Waals surface area contributed by atoms with Crippen molar-refractivity contribution in [3.63, 3.8) is 0 Å². The van der Waals surface area contributed by atoms with Crippen molar-refractivity contribution in [2.24, 2.45) is 5.41 Å². The van der Waals surface area contributed by atoms with E-state index in [4.69, 9.17) is 29.7 Å². The van der Waals surface area contributed by atoms with Gasteiger partial charge in [0.25, 0.3) is 0 Å². The third-order valence-electron chi connectivity index (χ3n) is 6.87. The maximum atomic E-state index is 10.6. The Kier molecular flexibility index (Phi) is 14.8. The summed E-state index contributed by atoms with van der Waals surface area (Å²) in [5.41, 5.74) is 3.12. The summed E-state index contributed by atoms with van der Waals surface area (Å²) in [5.74, 6) is -8.27. The molecule has 2 aliphatic rings. The topological polar surface area (TPSA) is 144 Å². The summed E-state index contributed by atoms with van der Waals surface area (Å²) >= 11 is 0. The highest BCUT2D eigenvalue weighted by Crippen LogP contribution is 2.51. The van der Waals surface area contributed by atoms with E-state index in [2.05, 4.69) is 45.0 Å². The Balaban J connectivity index is 0.000000413. The molecule has 0 unspecified atom stereocenters. The van der Waals surface area contributed by atoms with E-state index in [1.54, 1.807) is 0 Å². The molecule has 1 aliphatic heterocycles. The molecule has 4 rings (SSSR count). The van der Waals surface area contributed by atoms with E-state index in [0.29, 0.717) is 5.41 Å². The van der Waals surface area contributed by atoms with Crippen molar-refractivity contribution in [1.82, 2.24) is 19.8 Å². The second-order valence-electron chi connectivity index (χ2n) is 10.3. The first-order valence-corrected chi connectivity index (χ1v) is 13.2. The molecule has 2 fully saturated rings. The summed E-state index contributed by atoms with van der Waals surface area (Å²) in [6.07, 6.45) is -4.10. The van der Waals surface area contributed by atoms with Gasteiger partial charge in [-0.3, -0.25) is 19.8 Å². The Hall–Kier alpha value is -4.00. The van der Waals surface area contributed by atoms with Crippen LogP contribution in [0.15, 0.2) is 48.9 Å². The van der Waals surface area contributed by atoms with E-state index in [1.807, 2.05) is 30.7 Å². The molecule has 0 radical (unpaired) electrons. The highest BCUT2D eigenvalue weighted by atomic mass is 19.4. The molecule has 0 aromatic carbocycles. The number of likely N-dealkylation sites (tertiary alicyclic amines) is 1. The summed E-state index contributed by atoms with van der Waals surface area (Å²) in [6, 6.07) is 11.1. The Morgan fingerprint density at radius 2 is 1.30 bits per heavy atom. The molecule has 2 aromatic heterocycles. The molecule has 3 heterocycles. The number of hydrogen-bond acceptors (Lipinski definition) is 7. The average Bonchev–Trinajstić information content (AvgIpc) is 2.93. The third-order valence-corrected chi connectivity index (χ3v) is 6.87. The molecule has 2 aromatic rings. The van der Waals surface area contributed by atoms with Gasteiger partial charge in [-0.1, -0.05) is 12.1 Å². The number of halogens is 9. The van der Waals surface area contributed by atoms with Crippen LogP contribution in [0.4, 0.5) is 39.5 Å². The maximum Gasteiger partial charge on any atom is 0.490 e. The van der Waals surface area contributed by atoms with Crippen molar-refractivity contribution in [3.8, 4) is 0 Å². The zero-order chi connectivity index (χ0) is 35.3. The van der Waals surface area contributed by atoms with Crippen LogP contribution in [-0.2, 0) is 27.5 Å². The van der Waals surface area contributed by atoms with E-state index in [1.165, 1.54) is 50.0 Å². The first kappa shape index (κ1) is 40.0. The standard InChI is InChI=1S/C21H28N4.3C2HF3O2/c1-24(17-19-6-2-3-10-23-19)20-13-21(14-20)7-11-25(12-8-21)16-18-5-4-9-22-15-18;3*3-2(4,5)1(6)7/h2-6,9-10,15,20H,7-8,11-14,16-17H2,1H3;3*(H,6,7). The molecule has 1 saturated carbocycles. The number of carbonyl (C=O) groups is 3. The number of aliphatic carboxylic acids is 3. The number of rotatable bonds is 5. The normalized spacial score (nSPS) is 16.4. The summed E-state index contributed by atoms with van der Waals surface area (Å²) in [7, 11) is 2.25. The maximum absolute atomic E-state index is 10.6. The number of pyridine rings is 2. The van der Waals surface area contributed by atoms with Crippen LogP contribution in [0.25, 0.3) is 0 Å².